The normalized spacial score (nSPS) is 12.4. The topological polar surface area (TPSA) is 66.8 Å². The van der Waals surface area contributed by atoms with E-state index in [1.165, 1.54) is 14.1 Å². The van der Waals surface area contributed by atoms with E-state index in [4.69, 9.17) is 4.18 Å². The standard InChI is InChI=1S/C12H17NO4S/c1-10-9-11(6-7-12(10)14)5-4-8-17-18(15,16)13(2)3/h4-7,9,14H,8H2,1-3H3/b5-4+. The molecule has 0 unspecified atom stereocenters. The second-order valence-electron chi connectivity index (χ2n) is 3.97. The molecule has 0 amide bonds. The number of aryl methyl sites for hydroxylation is 1. The predicted molar refractivity (Wildman–Crippen MR) is 70.4 cm³/mol. The van der Waals surface area contributed by atoms with E-state index in [1.807, 2.05) is 0 Å². The zero-order chi connectivity index (χ0) is 13.8. The van der Waals surface area contributed by atoms with Crippen LogP contribution in [0, 0.1) is 6.92 Å². The molecule has 1 N–H and O–H groups in total. The Kier molecular flexibility index (Phi) is 4.89. The zero-order valence-corrected chi connectivity index (χ0v) is 11.4. The van der Waals surface area contributed by atoms with Gasteiger partial charge in [0.15, 0.2) is 0 Å². The van der Waals surface area contributed by atoms with E-state index in [2.05, 4.69) is 0 Å². The van der Waals surface area contributed by atoms with Gasteiger partial charge in [-0.15, -0.1) is 0 Å². The Hall–Kier alpha value is -1.37. The molecule has 0 heterocycles. The molecule has 0 aliphatic carbocycles. The SMILES string of the molecule is Cc1cc(/C=C/COS(=O)(=O)N(C)C)ccc1O. The quantitative estimate of drug-likeness (QED) is 0.882. The van der Waals surface area contributed by atoms with Crippen LogP contribution >= 0.6 is 0 Å². The van der Waals surface area contributed by atoms with Gasteiger partial charge in [-0.3, -0.25) is 4.18 Å². The van der Waals surface area contributed by atoms with Gasteiger partial charge >= 0.3 is 10.3 Å². The average molecular weight is 271 g/mol. The molecule has 1 rings (SSSR count). The summed E-state index contributed by atoms with van der Waals surface area (Å²) in [6.45, 7) is 1.76. The van der Waals surface area contributed by atoms with Crippen molar-refractivity contribution in [1.29, 1.82) is 0 Å². The number of hydrogen-bond donors (Lipinski definition) is 1. The number of phenols is 1. The first-order valence-electron chi connectivity index (χ1n) is 5.36. The van der Waals surface area contributed by atoms with Gasteiger partial charge in [-0.05, 0) is 30.2 Å². The minimum Gasteiger partial charge on any atom is -0.508 e. The van der Waals surface area contributed by atoms with Gasteiger partial charge in [0.2, 0.25) is 0 Å². The van der Waals surface area contributed by atoms with Crippen molar-refractivity contribution in [3.05, 3.63) is 35.4 Å². The van der Waals surface area contributed by atoms with Crippen LogP contribution in [0.3, 0.4) is 0 Å². The lowest BCUT2D eigenvalue weighted by molar-refractivity contribution is 0.320. The highest BCUT2D eigenvalue weighted by Gasteiger charge is 2.12. The Balaban J connectivity index is 2.59. The van der Waals surface area contributed by atoms with Crippen molar-refractivity contribution >= 4 is 16.4 Å². The van der Waals surface area contributed by atoms with Crippen LogP contribution < -0.4 is 0 Å². The zero-order valence-electron chi connectivity index (χ0n) is 10.6. The van der Waals surface area contributed by atoms with Crippen LogP contribution in [-0.2, 0) is 14.5 Å². The number of nitrogens with zero attached hydrogens (tertiary/aromatic N) is 1. The van der Waals surface area contributed by atoms with E-state index >= 15 is 0 Å². The maximum absolute atomic E-state index is 11.3. The molecule has 0 fully saturated rings. The van der Waals surface area contributed by atoms with Gasteiger partial charge < -0.3 is 5.11 Å². The number of benzene rings is 1. The van der Waals surface area contributed by atoms with Gasteiger partial charge in [0, 0.05) is 14.1 Å². The number of aromatic hydroxyl groups is 1. The Labute approximate surface area is 108 Å². The summed E-state index contributed by atoms with van der Waals surface area (Å²) in [6, 6.07) is 5.12. The molecular weight excluding hydrogens is 254 g/mol. The van der Waals surface area contributed by atoms with Gasteiger partial charge in [0.25, 0.3) is 0 Å². The molecule has 0 aromatic heterocycles. The molecule has 0 bridgehead atoms. The van der Waals surface area contributed by atoms with E-state index < -0.39 is 10.3 Å². The second kappa shape index (κ2) is 5.99. The van der Waals surface area contributed by atoms with Crippen LogP contribution in [0.2, 0.25) is 0 Å². The summed E-state index contributed by atoms with van der Waals surface area (Å²) in [5.74, 6) is 0.235. The third kappa shape index (κ3) is 4.14. The van der Waals surface area contributed by atoms with Crippen LogP contribution in [0.5, 0.6) is 5.75 Å². The van der Waals surface area contributed by atoms with Crippen LogP contribution in [0.1, 0.15) is 11.1 Å². The molecule has 0 spiro atoms. The Morgan fingerprint density at radius 2 is 2.06 bits per heavy atom. The van der Waals surface area contributed by atoms with Crippen molar-refractivity contribution in [1.82, 2.24) is 4.31 Å². The fraction of sp³-hybridized carbons (Fsp3) is 0.333. The molecule has 18 heavy (non-hydrogen) atoms. The molecule has 0 aliphatic heterocycles. The summed E-state index contributed by atoms with van der Waals surface area (Å²) in [5.41, 5.74) is 1.63. The number of hydrogen-bond acceptors (Lipinski definition) is 4. The fourth-order valence-electron chi connectivity index (χ4n) is 1.20. The Morgan fingerprint density at radius 3 is 2.61 bits per heavy atom. The highest BCUT2D eigenvalue weighted by Crippen LogP contribution is 2.17. The van der Waals surface area contributed by atoms with Gasteiger partial charge in [-0.1, -0.05) is 18.2 Å². The smallest absolute Gasteiger partial charge is 0.338 e. The van der Waals surface area contributed by atoms with E-state index in [1.54, 1.807) is 37.3 Å². The first-order chi connectivity index (χ1) is 8.33. The van der Waals surface area contributed by atoms with Crippen molar-refractivity contribution in [2.24, 2.45) is 0 Å². The molecule has 0 saturated heterocycles. The minimum absolute atomic E-state index is 0.0273. The lowest BCUT2D eigenvalue weighted by Crippen LogP contribution is -2.24. The maximum atomic E-state index is 11.3. The number of phenolic OH excluding ortho intramolecular Hbond substituents is 1. The van der Waals surface area contributed by atoms with Gasteiger partial charge in [0.1, 0.15) is 5.75 Å². The summed E-state index contributed by atoms with van der Waals surface area (Å²) >= 11 is 0. The summed E-state index contributed by atoms with van der Waals surface area (Å²) in [7, 11) is -0.815. The third-order valence-corrected chi connectivity index (χ3v) is 3.62. The lowest BCUT2D eigenvalue weighted by Gasteiger charge is -2.09. The molecular formula is C12H17NO4S. The molecule has 0 atom stereocenters. The van der Waals surface area contributed by atoms with Crippen molar-refractivity contribution in [3.8, 4) is 5.75 Å². The summed E-state index contributed by atoms with van der Waals surface area (Å²) < 4.78 is 28.3. The second-order valence-corrected chi connectivity index (χ2v) is 5.79. The fourth-order valence-corrected chi connectivity index (χ4v) is 1.66. The molecule has 100 valence electrons. The molecule has 0 saturated carbocycles. The van der Waals surface area contributed by atoms with Crippen LogP contribution in [0.15, 0.2) is 24.3 Å². The molecule has 0 radical (unpaired) electrons. The van der Waals surface area contributed by atoms with Gasteiger partial charge in [0.05, 0.1) is 6.61 Å². The van der Waals surface area contributed by atoms with Crippen LogP contribution in [0.4, 0.5) is 0 Å². The van der Waals surface area contributed by atoms with E-state index in [9.17, 15) is 13.5 Å². The highest BCUT2D eigenvalue weighted by molar-refractivity contribution is 7.84. The lowest BCUT2D eigenvalue weighted by atomic mass is 10.1. The summed E-state index contributed by atoms with van der Waals surface area (Å²) in [4.78, 5) is 0. The predicted octanol–water partition coefficient (Wildman–Crippen LogP) is 1.54. The monoisotopic (exact) mass is 271 g/mol. The molecule has 1 aromatic rings. The maximum Gasteiger partial charge on any atom is 0.338 e. The van der Waals surface area contributed by atoms with E-state index in [-0.39, 0.29) is 12.4 Å². The van der Waals surface area contributed by atoms with Gasteiger partial charge in [-0.2, -0.15) is 12.7 Å². The van der Waals surface area contributed by atoms with Crippen molar-refractivity contribution in [2.45, 2.75) is 6.92 Å². The largest absolute Gasteiger partial charge is 0.508 e. The van der Waals surface area contributed by atoms with Crippen LogP contribution in [-0.4, -0.2) is 38.5 Å². The van der Waals surface area contributed by atoms with Gasteiger partial charge in [-0.25, -0.2) is 0 Å². The number of rotatable bonds is 5. The van der Waals surface area contributed by atoms with E-state index in [0.717, 1.165) is 15.4 Å². The first-order valence-corrected chi connectivity index (χ1v) is 6.72. The van der Waals surface area contributed by atoms with Crippen molar-refractivity contribution < 1.29 is 17.7 Å². The van der Waals surface area contributed by atoms with Crippen LogP contribution in [0.25, 0.3) is 6.08 Å². The molecule has 0 aliphatic rings. The molecule has 5 nitrogen and oxygen atoms in total. The average Bonchev–Trinajstić information content (AvgIpc) is 2.29. The Morgan fingerprint density at radius 1 is 1.39 bits per heavy atom. The van der Waals surface area contributed by atoms with Crippen molar-refractivity contribution in [2.75, 3.05) is 20.7 Å². The summed E-state index contributed by atoms with van der Waals surface area (Å²) in [5, 5.41) is 9.35. The molecule has 1 aromatic carbocycles. The minimum atomic E-state index is -3.63. The summed E-state index contributed by atoms with van der Waals surface area (Å²) in [6.07, 6.45) is 3.34. The van der Waals surface area contributed by atoms with Crippen molar-refractivity contribution in [3.63, 3.8) is 0 Å². The third-order valence-electron chi connectivity index (χ3n) is 2.29. The first kappa shape index (κ1) is 14.7. The highest BCUT2D eigenvalue weighted by atomic mass is 32.2. The molecule has 6 heteroatoms. The Bertz CT molecular complexity index is 535. The van der Waals surface area contributed by atoms with E-state index in [0.29, 0.717) is 0 Å².